The van der Waals surface area contributed by atoms with Crippen molar-refractivity contribution in [1.29, 1.82) is 0 Å². The number of hydrogen-bond donors (Lipinski definition) is 0. The van der Waals surface area contributed by atoms with Gasteiger partial charge in [-0.25, -0.2) is 9.97 Å². The first-order valence-electron chi connectivity index (χ1n) is 7.16. The molecule has 6 heteroatoms. The molecule has 4 rings (SSSR count). The molecule has 0 aromatic carbocycles. The first-order chi connectivity index (χ1) is 10.7. The van der Waals surface area contributed by atoms with Crippen molar-refractivity contribution in [2.45, 2.75) is 19.9 Å². The molecule has 0 spiro atoms. The Labute approximate surface area is 126 Å². The van der Waals surface area contributed by atoms with Crippen LogP contribution in [-0.2, 0) is 13.0 Å². The van der Waals surface area contributed by atoms with Crippen LogP contribution in [0.15, 0.2) is 35.1 Å². The van der Waals surface area contributed by atoms with E-state index in [0.29, 0.717) is 24.4 Å². The molecule has 0 atom stereocenters. The van der Waals surface area contributed by atoms with Crippen molar-refractivity contribution in [3.05, 3.63) is 53.2 Å². The molecule has 0 N–H and O–H groups in total. The summed E-state index contributed by atoms with van der Waals surface area (Å²) < 4.78 is 4.99. The van der Waals surface area contributed by atoms with Crippen molar-refractivity contribution >= 4 is 16.9 Å². The average molecular weight is 294 g/mol. The predicted molar refractivity (Wildman–Crippen MR) is 79.2 cm³/mol. The zero-order valence-electron chi connectivity index (χ0n) is 12.1. The lowest BCUT2D eigenvalue weighted by Gasteiger charge is -2.28. The molecule has 0 radical (unpaired) electrons. The van der Waals surface area contributed by atoms with Crippen LogP contribution in [0.5, 0.6) is 0 Å². The second-order valence-corrected chi connectivity index (χ2v) is 5.42. The van der Waals surface area contributed by atoms with Gasteiger partial charge >= 0.3 is 0 Å². The highest BCUT2D eigenvalue weighted by Gasteiger charge is 2.25. The molecule has 22 heavy (non-hydrogen) atoms. The molecule has 1 aliphatic heterocycles. The highest BCUT2D eigenvalue weighted by molar-refractivity contribution is 5.95. The maximum Gasteiger partial charge on any atom is 0.259 e. The zero-order valence-corrected chi connectivity index (χ0v) is 12.1. The van der Waals surface area contributed by atoms with E-state index in [9.17, 15) is 4.79 Å². The minimum absolute atomic E-state index is 0.0457. The second kappa shape index (κ2) is 4.91. The van der Waals surface area contributed by atoms with Gasteiger partial charge in [-0.2, -0.15) is 0 Å². The number of hydrogen-bond acceptors (Lipinski definition) is 5. The van der Waals surface area contributed by atoms with E-state index in [0.717, 1.165) is 28.7 Å². The molecular formula is C16H14N4O2. The van der Waals surface area contributed by atoms with Crippen LogP contribution >= 0.6 is 0 Å². The summed E-state index contributed by atoms with van der Waals surface area (Å²) in [6, 6.07) is 5.95. The normalized spacial score (nSPS) is 14.1. The molecule has 0 unspecified atom stereocenters. The minimum atomic E-state index is -0.0457. The standard InChI is InChI=1S/C16H14N4O2/c1-10-13(8-18-22-10)16(21)20-6-4-14-12(9-20)7-11-3-2-5-17-15(11)19-14/h2-3,5,7-8H,4,6,9H2,1H3. The van der Waals surface area contributed by atoms with Crippen molar-refractivity contribution in [3.8, 4) is 0 Å². The Bertz CT molecular complexity index is 871. The van der Waals surface area contributed by atoms with Gasteiger partial charge < -0.3 is 9.42 Å². The van der Waals surface area contributed by atoms with Gasteiger partial charge in [0, 0.05) is 36.8 Å². The van der Waals surface area contributed by atoms with Crippen molar-refractivity contribution in [2.75, 3.05) is 6.54 Å². The van der Waals surface area contributed by atoms with E-state index in [2.05, 4.69) is 21.2 Å². The third-order valence-electron chi connectivity index (χ3n) is 4.01. The third-order valence-corrected chi connectivity index (χ3v) is 4.01. The van der Waals surface area contributed by atoms with Gasteiger partial charge in [0.2, 0.25) is 0 Å². The Hall–Kier alpha value is -2.76. The summed E-state index contributed by atoms with van der Waals surface area (Å²) in [4.78, 5) is 23.3. The first kappa shape index (κ1) is 12.9. The van der Waals surface area contributed by atoms with Crippen molar-refractivity contribution in [1.82, 2.24) is 20.0 Å². The lowest BCUT2D eigenvalue weighted by atomic mass is 10.0. The molecule has 3 aromatic heterocycles. The molecule has 3 aromatic rings. The first-order valence-corrected chi connectivity index (χ1v) is 7.16. The fourth-order valence-electron chi connectivity index (χ4n) is 2.81. The average Bonchev–Trinajstić information content (AvgIpc) is 2.97. The molecule has 0 saturated carbocycles. The number of amides is 1. The number of rotatable bonds is 1. The molecule has 110 valence electrons. The number of fused-ring (bicyclic) bond motifs is 2. The van der Waals surface area contributed by atoms with Gasteiger partial charge in [-0.1, -0.05) is 5.16 Å². The molecule has 1 amide bonds. The van der Waals surface area contributed by atoms with Crippen LogP contribution in [-0.4, -0.2) is 32.5 Å². The summed E-state index contributed by atoms with van der Waals surface area (Å²) in [5, 5.41) is 4.68. The Kier molecular flexibility index (Phi) is 2.89. The third kappa shape index (κ3) is 2.04. The number of nitrogens with zero attached hydrogens (tertiary/aromatic N) is 4. The van der Waals surface area contributed by atoms with Crippen molar-refractivity contribution in [2.24, 2.45) is 0 Å². The molecule has 6 nitrogen and oxygen atoms in total. The summed E-state index contributed by atoms with van der Waals surface area (Å²) in [7, 11) is 0. The largest absolute Gasteiger partial charge is 0.361 e. The van der Waals surface area contributed by atoms with Crippen molar-refractivity contribution < 1.29 is 9.32 Å². The smallest absolute Gasteiger partial charge is 0.259 e. The zero-order chi connectivity index (χ0) is 15.1. The fraction of sp³-hybridized carbons (Fsp3) is 0.250. The molecular weight excluding hydrogens is 280 g/mol. The summed E-state index contributed by atoms with van der Waals surface area (Å²) in [5.41, 5.74) is 3.39. The Morgan fingerprint density at radius 2 is 2.32 bits per heavy atom. The van der Waals surface area contributed by atoms with E-state index >= 15 is 0 Å². The number of aromatic nitrogens is 3. The van der Waals surface area contributed by atoms with E-state index in [4.69, 9.17) is 4.52 Å². The molecule has 0 aliphatic carbocycles. The quantitative estimate of drug-likeness (QED) is 0.687. The van der Waals surface area contributed by atoms with Crippen molar-refractivity contribution in [3.63, 3.8) is 0 Å². The van der Waals surface area contributed by atoms with Crippen LogP contribution in [0.3, 0.4) is 0 Å². The summed E-state index contributed by atoms with van der Waals surface area (Å²) in [6.07, 6.45) is 3.96. The van der Waals surface area contributed by atoms with Crippen LogP contribution in [0.25, 0.3) is 11.0 Å². The topological polar surface area (TPSA) is 72.1 Å². The van der Waals surface area contributed by atoms with Gasteiger partial charge in [-0.05, 0) is 30.7 Å². The van der Waals surface area contributed by atoms with Crippen LogP contribution < -0.4 is 0 Å². The van der Waals surface area contributed by atoms with Crippen LogP contribution in [0.2, 0.25) is 0 Å². The fourth-order valence-corrected chi connectivity index (χ4v) is 2.81. The van der Waals surface area contributed by atoms with Gasteiger partial charge in [0.25, 0.3) is 5.91 Å². The number of aryl methyl sites for hydroxylation is 1. The highest BCUT2D eigenvalue weighted by atomic mass is 16.5. The van der Waals surface area contributed by atoms with Gasteiger partial charge in [-0.15, -0.1) is 0 Å². The summed E-state index contributed by atoms with van der Waals surface area (Å²) in [5.74, 6) is 0.507. The second-order valence-electron chi connectivity index (χ2n) is 5.42. The highest BCUT2D eigenvalue weighted by Crippen LogP contribution is 2.23. The van der Waals surface area contributed by atoms with Gasteiger partial charge in [0.05, 0.1) is 6.20 Å². The predicted octanol–water partition coefficient (Wildman–Crippen LogP) is 2.12. The van der Waals surface area contributed by atoms with Gasteiger partial charge in [0.1, 0.15) is 11.3 Å². The lowest BCUT2D eigenvalue weighted by Crippen LogP contribution is -2.36. The number of carbonyl (C=O) groups is 1. The van der Waals surface area contributed by atoms with Crippen LogP contribution in [0.4, 0.5) is 0 Å². The Morgan fingerprint density at radius 3 is 3.14 bits per heavy atom. The number of pyridine rings is 2. The van der Waals surface area contributed by atoms with E-state index < -0.39 is 0 Å². The molecule has 0 saturated heterocycles. The van der Waals surface area contributed by atoms with E-state index in [1.165, 1.54) is 6.20 Å². The van der Waals surface area contributed by atoms with Gasteiger partial charge in [-0.3, -0.25) is 4.79 Å². The molecule has 0 fully saturated rings. The molecule has 0 bridgehead atoms. The van der Waals surface area contributed by atoms with Gasteiger partial charge in [0.15, 0.2) is 5.65 Å². The minimum Gasteiger partial charge on any atom is -0.361 e. The molecule has 1 aliphatic rings. The molecule has 4 heterocycles. The lowest BCUT2D eigenvalue weighted by molar-refractivity contribution is 0.0732. The SMILES string of the molecule is Cc1oncc1C(=O)N1CCc2nc3ncccc3cc2C1. The Morgan fingerprint density at radius 1 is 1.41 bits per heavy atom. The summed E-state index contributed by atoms with van der Waals surface area (Å²) >= 11 is 0. The van der Waals surface area contributed by atoms with E-state index in [-0.39, 0.29) is 5.91 Å². The monoisotopic (exact) mass is 294 g/mol. The number of carbonyl (C=O) groups excluding carboxylic acids is 1. The van der Waals surface area contributed by atoms with E-state index in [1.807, 2.05) is 17.0 Å². The van der Waals surface area contributed by atoms with Crippen LogP contribution in [0.1, 0.15) is 27.4 Å². The maximum absolute atomic E-state index is 12.5. The summed E-state index contributed by atoms with van der Waals surface area (Å²) in [6.45, 7) is 2.94. The maximum atomic E-state index is 12.5. The van der Waals surface area contributed by atoms with Crippen LogP contribution in [0, 0.1) is 6.92 Å². The van der Waals surface area contributed by atoms with E-state index in [1.54, 1.807) is 13.1 Å². The Balaban J connectivity index is 1.67.